The van der Waals surface area contributed by atoms with Crippen LogP contribution in [0, 0.1) is 0 Å². The summed E-state index contributed by atoms with van der Waals surface area (Å²) in [5.74, 6) is 2.11. The predicted molar refractivity (Wildman–Crippen MR) is 74.6 cm³/mol. The van der Waals surface area contributed by atoms with Crippen LogP contribution in [0.5, 0.6) is 0 Å². The maximum atomic E-state index is 12.8. The van der Waals surface area contributed by atoms with Crippen LogP contribution in [0.1, 0.15) is 61.4 Å². The van der Waals surface area contributed by atoms with Gasteiger partial charge in [-0.05, 0) is 12.8 Å². The molecule has 2 aromatic rings. The third-order valence-corrected chi connectivity index (χ3v) is 4.62. The first-order valence-corrected chi connectivity index (χ1v) is 7.95. The zero-order valence-electron chi connectivity index (χ0n) is 12.7. The monoisotopic (exact) mass is 324 g/mol. The number of aromatic nitrogens is 5. The van der Waals surface area contributed by atoms with Gasteiger partial charge < -0.3 is 9.09 Å². The fraction of sp³-hybridized carbons (Fsp3) is 0.714. The van der Waals surface area contributed by atoms with E-state index in [1.807, 2.05) is 0 Å². The summed E-state index contributed by atoms with van der Waals surface area (Å²) in [4.78, 5) is 6.55. The summed E-state index contributed by atoms with van der Waals surface area (Å²) < 4.78 is 32.5. The van der Waals surface area contributed by atoms with Gasteiger partial charge in [0, 0.05) is 19.0 Å². The normalized spacial score (nSPS) is 19.6. The molecule has 0 amide bonds. The molecule has 9 heteroatoms. The Kier molecular flexibility index (Phi) is 3.80. The summed E-state index contributed by atoms with van der Waals surface area (Å²) in [7, 11) is 0. The lowest BCUT2D eigenvalue weighted by molar-refractivity contribution is 0.126. The van der Waals surface area contributed by atoms with Crippen LogP contribution in [-0.2, 0) is 19.6 Å². The van der Waals surface area contributed by atoms with E-state index in [4.69, 9.17) is 4.52 Å². The minimum Gasteiger partial charge on any atom is -0.338 e. The minimum absolute atomic E-state index is 0.249. The Bertz CT molecular complexity index is 679. The smallest absolute Gasteiger partial charge is 0.297 e. The molecule has 1 aliphatic heterocycles. The quantitative estimate of drug-likeness (QED) is 0.859. The van der Waals surface area contributed by atoms with E-state index >= 15 is 0 Å². The third-order valence-electron chi connectivity index (χ3n) is 4.62. The van der Waals surface area contributed by atoms with Gasteiger partial charge in [-0.1, -0.05) is 18.0 Å². The fourth-order valence-electron chi connectivity index (χ4n) is 3.40. The molecule has 1 fully saturated rings. The van der Waals surface area contributed by atoms with E-state index in [2.05, 4.69) is 25.2 Å². The second kappa shape index (κ2) is 5.95. The van der Waals surface area contributed by atoms with E-state index in [0.29, 0.717) is 43.8 Å². The van der Waals surface area contributed by atoms with E-state index in [1.165, 1.54) is 17.4 Å². The van der Waals surface area contributed by atoms with Crippen LogP contribution >= 0.6 is 0 Å². The highest BCUT2D eigenvalue weighted by Crippen LogP contribution is 2.32. The van der Waals surface area contributed by atoms with Gasteiger partial charge in [0.1, 0.15) is 5.82 Å². The Morgan fingerprint density at radius 2 is 2.00 bits per heavy atom. The lowest BCUT2D eigenvalue weighted by atomic mass is 10.1. The molecule has 0 radical (unpaired) electrons. The van der Waals surface area contributed by atoms with Gasteiger partial charge in [0.05, 0.1) is 13.1 Å². The Morgan fingerprint density at radius 3 is 2.78 bits per heavy atom. The van der Waals surface area contributed by atoms with Crippen LogP contribution in [-0.4, -0.2) is 36.3 Å². The lowest BCUT2D eigenvalue weighted by Crippen LogP contribution is -2.34. The molecule has 2 aliphatic rings. The van der Waals surface area contributed by atoms with Gasteiger partial charge in [0.15, 0.2) is 11.6 Å². The first kappa shape index (κ1) is 14.7. The Balaban J connectivity index is 1.42. The van der Waals surface area contributed by atoms with E-state index < -0.39 is 6.43 Å². The molecule has 2 aromatic heterocycles. The van der Waals surface area contributed by atoms with Crippen LogP contribution < -0.4 is 0 Å². The minimum atomic E-state index is -2.59. The SMILES string of the molecule is FC(F)c1nnc2n1CCN(Cc1nc(C3CCCC3)no1)C2. The summed E-state index contributed by atoms with van der Waals surface area (Å²) in [6.45, 7) is 2.05. The van der Waals surface area contributed by atoms with Crippen molar-refractivity contribution in [3.05, 3.63) is 23.4 Å². The molecule has 0 unspecified atom stereocenters. The molecule has 23 heavy (non-hydrogen) atoms. The van der Waals surface area contributed by atoms with Gasteiger partial charge in [-0.15, -0.1) is 10.2 Å². The molecule has 3 heterocycles. The predicted octanol–water partition coefficient (Wildman–Crippen LogP) is 2.27. The topological polar surface area (TPSA) is 72.9 Å². The Labute approximate surface area is 131 Å². The molecule has 4 rings (SSSR count). The largest absolute Gasteiger partial charge is 0.338 e. The van der Waals surface area contributed by atoms with Crippen molar-refractivity contribution in [3.63, 3.8) is 0 Å². The van der Waals surface area contributed by atoms with Gasteiger partial charge in [-0.2, -0.15) is 4.98 Å². The van der Waals surface area contributed by atoms with Crippen molar-refractivity contribution in [1.29, 1.82) is 0 Å². The number of hydrogen-bond donors (Lipinski definition) is 0. The molecule has 0 atom stereocenters. The molecule has 124 valence electrons. The van der Waals surface area contributed by atoms with E-state index in [0.717, 1.165) is 18.7 Å². The van der Waals surface area contributed by atoms with Gasteiger partial charge in [0.2, 0.25) is 5.89 Å². The molecule has 0 saturated heterocycles. The van der Waals surface area contributed by atoms with E-state index in [9.17, 15) is 8.78 Å². The van der Waals surface area contributed by atoms with Crippen LogP contribution in [0.25, 0.3) is 0 Å². The summed E-state index contributed by atoms with van der Waals surface area (Å²) in [5, 5.41) is 11.5. The van der Waals surface area contributed by atoms with Gasteiger partial charge in [0.25, 0.3) is 6.43 Å². The van der Waals surface area contributed by atoms with Crippen molar-refractivity contribution in [2.45, 2.75) is 57.7 Å². The second-order valence-corrected chi connectivity index (χ2v) is 6.17. The maximum Gasteiger partial charge on any atom is 0.297 e. The molecule has 7 nitrogen and oxygen atoms in total. The fourth-order valence-corrected chi connectivity index (χ4v) is 3.40. The molecule has 0 N–H and O–H groups in total. The number of rotatable bonds is 4. The standard InChI is InChI=1S/C14H18F2N6O/c15-12(16)14-19-18-10-7-21(5-6-22(10)14)8-11-17-13(20-23-11)9-3-1-2-4-9/h9,12H,1-8H2. The Hall–Kier alpha value is -1.90. The zero-order valence-corrected chi connectivity index (χ0v) is 12.7. The molecule has 0 bridgehead atoms. The molecular formula is C14H18F2N6O. The Morgan fingerprint density at radius 1 is 1.17 bits per heavy atom. The summed E-state index contributed by atoms with van der Waals surface area (Å²) in [6, 6.07) is 0. The molecular weight excluding hydrogens is 306 g/mol. The number of halogens is 2. The number of nitrogens with zero attached hydrogens (tertiary/aromatic N) is 6. The highest BCUT2D eigenvalue weighted by Gasteiger charge is 2.27. The third kappa shape index (κ3) is 2.85. The summed E-state index contributed by atoms with van der Waals surface area (Å²) in [5.41, 5.74) is 0. The van der Waals surface area contributed by atoms with Crippen molar-refractivity contribution in [2.24, 2.45) is 0 Å². The number of alkyl halides is 2. The van der Waals surface area contributed by atoms with Gasteiger partial charge in [-0.25, -0.2) is 8.78 Å². The van der Waals surface area contributed by atoms with Gasteiger partial charge in [-0.3, -0.25) is 4.90 Å². The second-order valence-electron chi connectivity index (χ2n) is 6.17. The van der Waals surface area contributed by atoms with Crippen molar-refractivity contribution >= 4 is 0 Å². The van der Waals surface area contributed by atoms with Crippen LogP contribution in [0.3, 0.4) is 0 Å². The summed E-state index contributed by atoms with van der Waals surface area (Å²) >= 11 is 0. The number of fused-ring (bicyclic) bond motifs is 1. The number of hydrogen-bond acceptors (Lipinski definition) is 6. The molecule has 0 aromatic carbocycles. The first-order valence-electron chi connectivity index (χ1n) is 7.95. The molecule has 0 spiro atoms. The van der Waals surface area contributed by atoms with Crippen LogP contribution in [0.2, 0.25) is 0 Å². The molecule has 1 aliphatic carbocycles. The van der Waals surface area contributed by atoms with Crippen LogP contribution in [0.4, 0.5) is 8.78 Å². The van der Waals surface area contributed by atoms with Crippen LogP contribution in [0.15, 0.2) is 4.52 Å². The molecule has 1 saturated carbocycles. The zero-order chi connectivity index (χ0) is 15.8. The highest BCUT2D eigenvalue weighted by molar-refractivity contribution is 5.01. The van der Waals surface area contributed by atoms with E-state index in [1.54, 1.807) is 0 Å². The first-order chi connectivity index (χ1) is 11.2. The van der Waals surface area contributed by atoms with Crippen molar-refractivity contribution in [3.8, 4) is 0 Å². The van der Waals surface area contributed by atoms with Crippen molar-refractivity contribution in [2.75, 3.05) is 6.54 Å². The average molecular weight is 324 g/mol. The van der Waals surface area contributed by atoms with E-state index in [-0.39, 0.29) is 5.82 Å². The highest BCUT2D eigenvalue weighted by atomic mass is 19.3. The lowest BCUT2D eigenvalue weighted by Gasteiger charge is -2.26. The van der Waals surface area contributed by atoms with Crippen molar-refractivity contribution < 1.29 is 13.3 Å². The average Bonchev–Trinajstić information content (AvgIpc) is 3.27. The van der Waals surface area contributed by atoms with Crippen molar-refractivity contribution in [1.82, 2.24) is 29.8 Å². The van der Waals surface area contributed by atoms with Gasteiger partial charge >= 0.3 is 0 Å². The maximum absolute atomic E-state index is 12.8. The summed E-state index contributed by atoms with van der Waals surface area (Å²) in [6.07, 6.45) is 2.11.